The van der Waals surface area contributed by atoms with Gasteiger partial charge in [-0.3, -0.25) is 10.1 Å². The van der Waals surface area contributed by atoms with Crippen LogP contribution in [0.2, 0.25) is 0 Å². The number of ether oxygens (including phenoxy) is 1. The minimum Gasteiger partial charge on any atom is -0.465 e. The van der Waals surface area contributed by atoms with Crippen molar-refractivity contribution < 1.29 is 9.53 Å². The summed E-state index contributed by atoms with van der Waals surface area (Å²) in [5, 5.41) is 3.45. The summed E-state index contributed by atoms with van der Waals surface area (Å²) < 4.78 is 10.4. The number of thioether (sulfide) groups is 1. The summed E-state index contributed by atoms with van der Waals surface area (Å²) in [4.78, 5) is 16.5. The van der Waals surface area contributed by atoms with Gasteiger partial charge in [0.15, 0.2) is 4.34 Å². The summed E-state index contributed by atoms with van der Waals surface area (Å²) >= 11 is 3.14. The van der Waals surface area contributed by atoms with Crippen LogP contribution in [-0.2, 0) is 9.53 Å². The molecule has 1 aromatic heterocycles. The Hall–Kier alpha value is -0.660. The topological polar surface area (TPSA) is 64.1 Å². The van der Waals surface area contributed by atoms with Crippen LogP contribution in [0.1, 0.15) is 45.4 Å². The normalized spacial score (nSPS) is 17.5. The molecule has 0 saturated heterocycles. The lowest BCUT2D eigenvalue weighted by Gasteiger charge is -2.28. The van der Waals surface area contributed by atoms with Gasteiger partial charge in [0, 0.05) is 11.8 Å². The van der Waals surface area contributed by atoms with E-state index in [2.05, 4.69) is 14.7 Å². The third-order valence-electron chi connectivity index (χ3n) is 3.38. The van der Waals surface area contributed by atoms with E-state index in [0.29, 0.717) is 12.6 Å². The lowest BCUT2D eigenvalue weighted by atomic mass is 9.96. The van der Waals surface area contributed by atoms with Gasteiger partial charge in [-0.1, -0.05) is 11.8 Å². The van der Waals surface area contributed by atoms with Crippen LogP contribution in [0.15, 0.2) is 4.34 Å². The Labute approximate surface area is 134 Å². The number of esters is 1. The Bertz CT molecular complexity index is 477. The summed E-state index contributed by atoms with van der Waals surface area (Å²) in [6.07, 6.45) is 4.05. The molecule has 0 spiro atoms. The molecule has 1 aromatic rings. The second-order valence-corrected chi connectivity index (χ2v) is 7.62. The fourth-order valence-electron chi connectivity index (χ4n) is 2.12. The number of aromatic nitrogens is 2. The number of nitrogens with zero attached hydrogens (tertiary/aromatic N) is 2. The van der Waals surface area contributed by atoms with Crippen molar-refractivity contribution in [3.63, 3.8) is 0 Å². The molecular formula is C14H23N3O2S2. The van der Waals surface area contributed by atoms with Crippen LogP contribution in [-0.4, -0.2) is 39.3 Å². The zero-order valence-corrected chi connectivity index (χ0v) is 14.5. The van der Waals surface area contributed by atoms with Gasteiger partial charge in [0.1, 0.15) is 11.4 Å². The lowest BCUT2D eigenvalue weighted by Crippen LogP contribution is -2.51. The minimum absolute atomic E-state index is 0.131. The van der Waals surface area contributed by atoms with Gasteiger partial charge in [0.25, 0.3) is 0 Å². The largest absolute Gasteiger partial charge is 0.465 e. The maximum Gasteiger partial charge on any atom is 0.326 e. The van der Waals surface area contributed by atoms with Crippen LogP contribution < -0.4 is 5.32 Å². The Morgan fingerprint density at radius 2 is 2.33 bits per heavy atom. The van der Waals surface area contributed by atoms with Crippen molar-refractivity contribution in [1.29, 1.82) is 0 Å². The van der Waals surface area contributed by atoms with Gasteiger partial charge in [-0.15, -0.1) is 0 Å². The average molecular weight is 329 g/mol. The van der Waals surface area contributed by atoms with Crippen LogP contribution in [0.25, 0.3) is 0 Å². The predicted octanol–water partition coefficient (Wildman–Crippen LogP) is 2.79. The molecule has 1 atom stereocenters. The third-order valence-corrected chi connectivity index (χ3v) is 5.39. The SMILES string of the molecule is CCOC(=O)C(C)(CCCSc1nc(C)ns1)NC1CC1. The molecule has 0 bridgehead atoms. The zero-order chi connectivity index (χ0) is 15.3. The van der Waals surface area contributed by atoms with E-state index in [1.807, 2.05) is 20.8 Å². The van der Waals surface area contributed by atoms with Gasteiger partial charge in [-0.2, -0.15) is 4.37 Å². The Morgan fingerprint density at radius 1 is 1.57 bits per heavy atom. The molecule has 1 unspecified atom stereocenters. The Balaban J connectivity index is 1.79. The Kier molecular flexibility index (Phi) is 6.01. The van der Waals surface area contributed by atoms with Crippen LogP contribution in [0.4, 0.5) is 0 Å². The number of rotatable bonds is 9. The fraction of sp³-hybridized carbons (Fsp3) is 0.786. The van der Waals surface area contributed by atoms with Gasteiger partial charge in [0.05, 0.1) is 6.61 Å². The lowest BCUT2D eigenvalue weighted by molar-refractivity contribution is -0.151. The Morgan fingerprint density at radius 3 is 2.90 bits per heavy atom. The highest BCUT2D eigenvalue weighted by molar-refractivity contribution is 8.00. The number of carbonyl (C=O) groups excluding carboxylic acids is 1. The number of carbonyl (C=O) groups is 1. The number of aryl methyl sites for hydroxylation is 1. The molecule has 0 radical (unpaired) electrons. The summed E-state index contributed by atoms with van der Waals surface area (Å²) in [7, 11) is 0. The van der Waals surface area contributed by atoms with E-state index in [9.17, 15) is 4.79 Å². The number of hydrogen-bond donors (Lipinski definition) is 1. The summed E-state index contributed by atoms with van der Waals surface area (Å²) in [6, 6.07) is 0.484. The van der Waals surface area contributed by atoms with Gasteiger partial charge in [-0.05, 0) is 58.0 Å². The molecule has 2 rings (SSSR count). The molecule has 118 valence electrons. The van der Waals surface area contributed by atoms with Gasteiger partial charge in [0.2, 0.25) is 0 Å². The molecule has 1 heterocycles. The molecule has 0 amide bonds. The van der Waals surface area contributed by atoms with Crippen LogP contribution in [0.5, 0.6) is 0 Å². The molecule has 1 fully saturated rings. The van der Waals surface area contributed by atoms with Crippen molar-refractivity contribution in [1.82, 2.24) is 14.7 Å². The molecule has 1 saturated carbocycles. The second-order valence-electron chi connectivity index (χ2n) is 5.53. The summed E-state index contributed by atoms with van der Waals surface area (Å²) in [6.45, 7) is 6.14. The number of hydrogen-bond acceptors (Lipinski definition) is 7. The molecule has 0 aromatic carbocycles. The van der Waals surface area contributed by atoms with Gasteiger partial charge >= 0.3 is 5.97 Å². The van der Waals surface area contributed by atoms with Crippen molar-refractivity contribution in [2.75, 3.05) is 12.4 Å². The van der Waals surface area contributed by atoms with Crippen LogP contribution >= 0.6 is 23.3 Å². The van der Waals surface area contributed by atoms with Gasteiger partial charge < -0.3 is 4.74 Å². The fourth-order valence-corrected chi connectivity index (χ4v) is 3.78. The summed E-state index contributed by atoms with van der Waals surface area (Å²) in [5.41, 5.74) is -0.561. The van der Waals surface area contributed by atoms with E-state index in [4.69, 9.17) is 4.74 Å². The monoisotopic (exact) mass is 329 g/mol. The predicted molar refractivity (Wildman–Crippen MR) is 85.8 cm³/mol. The first-order valence-corrected chi connectivity index (χ1v) is 9.17. The zero-order valence-electron chi connectivity index (χ0n) is 12.8. The maximum atomic E-state index is 12.2. The minimum atomic E-state index is -0.561. The molecule has 1 N–H and O–H groups in total. The highest BCUT2D eigenvalue weighted by Gasteiger charge is 2.39. The van der Waals surface area contributed by atoms with Crippen molar-refractivity contribution >= 4 is 29.3 Å². The van der Waals surface area contributed by atoms with E-state index in [1.165, 1.54) is 11.5 Å². The average Bonchev–Trinajstić information content (AvgIpc) is 3.15. The molecule has 5 nitrogen and oxygen atoms in total. The van der Waals surface area contributed by atoms with Gasteiger partial charge in [-0.25, -0.2) is 4.98 Å². The van der Waals surface area contributed by atoms with Crippen molar-refractivity contribution in [3.05, 3.63) is 5.82 Å². The molecule has 1 aliphatic carbocycles. The highest BCUT2D eigenvalue weighted by atomic mass is 32.2. The first kappa shape index (κ1) is 16.7. The molecule has 1 aliphatic rings. The van der Waals surface area contributed by atoms with Crippen molar-refractivity contribution in [2.24, 2.45) is 0 Å². The standard InChI is InChI=1S/C14H23N3O2S2/c1-4-19-12(18)14(3,16-11-6-7-11)8-5-9-20-13-15-10(2)17-21-13/h11,16H,4-9H2,1-3H3. The van der Waals surface area contributed by atoms with Crippen LogP contribution in [0, 0.1) is 6.92 Å². The first-order chi connectivity index (χ1) is 10.0. The van der Waals surface area contributed by atoms with E-state index >= 15 is 0 Å². The van der Waals surface area contributed by atoms with Crippen LogP contribution in [0.3, 0.4) is 0 Å². The molecular weight excluding hydrogens is 306 g/mol. The van der Waals surface area contributed by atoms with E-state index in [-0.39, 0.29) is 5.97 Å². The van der Waals surface area contributed by atoms with E-state index < -0.39 is 5.54 Å². The van der Waals surface area contributed by atoms with Crippen molar-refractivity contribution in [3.8, 4) is 0 Å². The molecule has 21 heavy (non-hydrogen) atoms. The second kappa shape index (κ2) is 7.56. The smallest absolute Gasteiger partial charge is 0.326 e. The summed E-state index contributed by atoms with van der Waals surface area (Å²) in [5.74, 6) is 1.64. The molecule has 0 aliphatic heterocycles. The van der Waals surface area contributed by atoms with E-state index in [0.717, 1.165) is 41.6 Å². The van der Waals surface area contributed by atoms with Crippen molar-refractivity contribution in [2.45, 2.75) is 62.4 Å². The highest BCUT2D eigenvalue weighted by Crippen LogP contribution is 2.27. The third kappa shape index (κ3) is 5.23. The first-order valence-electron chi connectivity index (χ1n) is 7.41. The number of nitrogens with one attached hydrogen (secondary N) is 1. The molecule has 7 heteroatoms. The maximum absolute atomic E-state index is 12.2. The van der Waals surface area contributed by atoms with E-state index in [1.54, 1.807) is 11.8 Å². The quantitative estimate of drug-likeness (QED) is 0.427.